The lowest BCUT2D eigenvalue weighted by molar-refractivity contribution is 0.235. The first-order valence-corrected chi connectivity index (χ1v) is 6.59. The minimum Gasteiger partial charge on any atom is -0.311 e. The molecule has 0 spiro atoms. The zero-order chi connectivity index (χ0) is 10.7. The van der Waals surface area contributed by atoms with Gasteiger partial charge in [0.25, 0.3) is 0 Å². The van der Waals surface area contributed by atoms with Crippen molar-refractivity contribution in [3.63, 3.8) is 0 Å². The fraction of sp³-hybridized carbons (Fsp3) is 0.818. The average molecular weight is 225 g/mol. The molecule has 0 saturated heterocycles. The summed E-state index contributed by atoms with van der Waals surface area (Å²) in [6, 6.07) is 0.413. The predicted octanol–water partition coefficient (Wildman–Crippen LogP) is 2.62. The highest BCUT2D eigenvalue weighted by molar-refractivity contribution is 7.03. The van der Waals surface area contributed by atoms with Crippen molar-refractivity contribution in [3.8, 4) is 0 Å². The molecule has 15 heavy (non-hydrogen) atoms. The van der Waals surface area contributed by atoms with Crippen molar-refractivity contribution in [2.75, 3.05) is 7.05 Å². The molecule has 1 atom stereocenters. The molecular weight excluding hydrogens is 206 g/mol. The maximum atomic E-state index is 4.19. The highest BCUT2D eigenvalue weighted by Gasteiger charge is 2.27. The molecule has 0 aromatic carbocycles. The third-order valence-corrected chi connectivity index (χ3v) is 4.06. The van der Waals surface area contributed by atoms with Gasteiger partial charge in [0.05, 0.1) is 11.7 Å². The Morgan fingerprint density at radius 3 is 2.67 bits per heavy atom. The van der Waals surface area contributed by atoms with E-state index in [4.69, 9.17) is 0 Å². The largest absolute Gasteiger partial charge is 0.311 e. The maximum absolute atomic E-state index is 4.19. The molecule has 1 N–H and O–H groups in total. The fourth-order valence-electron chi connectivity index (χ4n) is 2.55. The van der Waals surface area contributed by atoms with Crippen LogP contribution in [0.2, 0.25) is 0 Å². The molecule has 3 nitrogen and oxygen atoms in total. The molecule has 4 heteroatoms. The lowest BCUT2D eigenvalue weighted by Gasteiger charge is -2.31. The molecule has 1 aromatic rings. The van der Waals surface area contributed by atoms with Gasteiger partial charge in [0.1, 0.15) is 0 Å². The lowest BCUT2D eigenvalue weighted by atomic mass is 9.78. The first-order valence-electron chi connectivity index (χ1n) is 5.75. The average Bonchev–Trinajstić information content (AvgIpc) is 2.75. The van der Waals surface area contributed by atoms with Crippen LogP contribution in [0.15, 0.2) is 5.38 Å². The summed E-state index contributed by atoms with van der Waals surface area (Å²) >= 11 is 1.45. The SMILES string of the molecule is CNC(c1csnn1)C1CCC(C)CC1. The Hall–Kier alpha value is -0.480. The van der Waals surface area contributed by atoms with Crippen LogP contribution in [0, 0.1) is 11.8 Å². The molecule has 1 fully saturated rings. The quantitative estimate of drug-likeness (QED) is 0.859. The summed E-state index contributed by atoms with van der Waals surface area (Å²) in [5, 5.41) is 9.65. The number of aromatic nitrogens is 2. The number of hydrogen-bond acceptors (Lipinski definition) is 4. The van der Waals surface area contributed by atoms with Gasteiger partial charge in [0.2, 0.25) is 0 Å². The summed E-state index contributed by atoms with van der Waals surface area (Å²) < 4.78 is 3.95. The smallest absolute Gasteiger partial charge is 0.0927 e. The van der Waals surface area contributed by atoms with E-state index in [2.05, 4.69) is 27.2 Å². The van der Waals surface area contributed by atoms with Crippen molar-refractivity contribution in [3.05, 3.63) is 11.1 Å². The molecule has 0 aliphatic heterocycles. The van der Waals surface area contributed by atoms with Crippen molar-refractivity contribution in [1.82, 2.24) is 14.9 Å². The summed E-state index contributed by atoms with van der Waals surface area (Å²) in [5.41, 5.74) is 1.13. The van der Waals surface area contributed by atoms with E-state index in [1.807, 2.05) is 7.05 Å². The summed E-state index contributed by atoms with van der Waals surface area (Å²) in [4.78, 5) is 0. The topological polar surface area (TPSA) is 37.8 Å². The number of nitrogens with one attached hydrogen (secondary N) is 1. The van der Waals surface area contributed by atoms with Crippen molar-refractivity contribution in [2.24, 2.45) is 11.8 Å². The summed E-state index contributed by atoms with van der Waals surface area (Å²) in [6.07, 6.45) is 5.37. The van der Waals surface area contributed by atoms with Crippen molar-refractivity contribution >= 4 is 11.5 Å². The molecule has 1 aliphatic carbocycles. The normalized spacial score (nSPS) is 28.9. The number of nitrogens with zero attached hydrogens (tertiary/aromatic N) is 2. The number of rotatable bonds is 3. The van der Waals surface area contributed by atoms with Crippen LogP contribution in [0.4, 0.5) is 0 Å². The van der Waals surface area contributed by atoms with Gasteiger partial charge < -0.3 is 5.32 Å². The second kappa shape index (κ2) is 5.03. The summed E-state index contributed by atoms with van der Waals surface area (Å²) in [5.74, 6) is 1.66. The number of hydrogen-bond donors (Lipinski definition) is 1. The molecular formula is C11H19N3S. The van der Waals surface area contributed by atoms with Gasteiger partial charge >= 0.3 is 0 Å². The second-order valence-electron chi connectivity index (χ2n) is 4.62. The van der Waals surface area contributed by atoms with Gasteiger partial charge in [0, 0.05) is 5.38 Å². The van der Waals surface area contributed by atoms with Gasteiger partial charge in [-0.25, -0.2) is 0 Å². The zero-order valence-electron chi connectivity index (χ0n) is 9.44. The highest BCUT2D eigenvalue weighted by Crippen LogP contribution is 2.36. The highest BCUT2D eigenvalue weighted by atomic mass is 32.1. The third kappa shape index (κ3) is 2.55. The molecule has 1 heterocycles. The van der Waals surface area contributed by atoms with E-state index in [1.54, 1.807) is 0 Å². The van der Waals surface area contributed by atoms with E-state index in [1.165, 1.54) is 37.2 Å². The summed E-state index contributed by atoms with van der Waals surface area (Å²) in [7, 11) is 2.03. The molecule has 0 bridgehead atoms. The Bertz CT molecular complexity index is 278. The van der Waals surface area contributed by atoms with Crippen molar-refractivity contribution < 1.29 is 0 Å². The van der Waals surface area contributed by atoms with Gasteiger partial charge in [-0.3, -0.25) is 0 Å². The van der Waals surface area contributed by atoms with Crippen LogP contribution >= 0.6 is 11.5 Å². The van der Waals surface area contributed by atoms with Crippen LogP contribution < -0.4 is 5.32 Å². The van der Waals surface area contributed by atoms with E-state index in [0.29, 0.717) is 6.04 Å². The van der Waals surface area contributed by atoms with Gasteiger partial charge in [-0.2, -0.15) is 0 Å². The molecule has 0 amide bonds. The molecule has 84 valence electrons. The third-order valence-electron chi connectivity index (χ3n) is 3.54. The Kier molecular flexibility index (Phi) is 3.70. The van der Waals surface area contributed by atoms with Gasteiger partial charge in [-0.15, -0.1) is 5.10 Å². The minimum atomic E-state index is 0.413. The molecule has 1 aromatic heterocycles. The molecule has 1 saturated carbocycles. The van der Waals surface area contributed by atoms with Crippen LogP contribution in [0.1, 0.15) is 44.3 Å². The molecule has 0 radical (unpaired) electrons. The van der Waals surface area contributed by atoms with E-state index < -0.39 is 0 Å². The van der Waals surface area contributed by atoms with Crippen LogP contribution in [0.3, 0.4) is 0 Å². The molecule has 1 aliphatic rings. The van der Waals surface area contributed by atoms with Crippen LogP contribution in [0.5, 0.6) is 0 Å². The van der Waals surface area contributed by atoms with Crippen molar-refractivity contribution in [2.45, 2.75) is 38.6 Å². The lowest BCUT2D eigenvalue weighted by Crippen LogP contribution is -2.28. The van der Waals surface area contributed by atoms with Gasteiger partial charge in [-0.1, -0.05) is 24.3 Å². The van der Waals surface area contributed by atoms with E-state index >= 15 is 0 Å². The van der Waals surface area contributed by atoms with E-state index in [0.717, 1.165) is 17.5 Å². The molecule has 2 rings (SSSR count). The maximum Gasteiger partial charge on any atom is 0.0927 e. The van der Waals surface area contributed by atoms with E-state index in [-0.39, 0.29) is 0 Å². The van der Waals surface area contributed by atoms with E-state index in [9.17, 15) is 0 Å². The fourth-order valence-corrected chi connectivity index (χ4v) is 3.04. The zero-order valence-corrected chi connectivity index (χ0v) is 10.3. The van der Waals surface area contributed by atoms with Gasteiger partial charge in [-0.05, 0) is 43.3 Å². The second-order valence-corrected chi connectivity index (χ2v) is 5.23. The van der Waals surface area contributed by atoms with Crippen LogP contribution in [-0.2, 0) is 0 Å². The Morgan fingerprint density at radius 2 is 2.13 bits per heavy atom. The van der Waals surface area contributed by atoms with Crippen LogP contribution in [0.25, 0.3) is 0 Å². The van der Waals surface area contributed by atoms with Crippen LogP contribution in [-0.4, -0.2) is 16.6 Å². The first-order chi connectivity index (χ1) is 7.31. The first kappa shape index (κ1) is 11.0. The van der Waals surface area contributed by atoms with Gasteiger partial charge in [0.15, 0.2) is 0 Å². The Morgan fingerprint density at radius 1 is 1.40 bits per heavy atom. The predicted molar refractivity (Wildman–Crippen MR) is 62.8 cm³/mol. The van der Waals surface area contributed by atoms with Crippen molar-refractivity contribution in [1.29, 1.82) is 0 Å². The monoisotopic (exact) mass is 225 g/mol. The Labute approximate surface area is 95.4 Å². The summed E-state index contributed by atoms with van der Waals surface area (Å²) in [6.45, 7) is 2.36. The standard InChI is InChI=1S/C11H19N3S/c1-8-3-5-9(6-4-8)11(12-2)10-7-15-14-13-10/h7-9,11-12H,3-6H2,1-2H3. The Balaban J connectivity index is 2.01. The minimum absolute atomic E-state index is 0.413. The molecule has 1 unspecified atom stereocenters.